The molecule has 4 nitrogen and oxygen atoms in total. The van der Waals surface area contributed by atoms with Gasteiger partial charge in [-0.15, -0.1) is 11.6 Å². The molecule has 2 rings (SSSR count). The Morgan fingerprint density at radius 3 is 3.20 bits per heavy atom. The Hall–Kier alpha value is -1.03. The van der Waals surface area contributed by atoms with Gasteiger partial charge in [0.15, 0.2) is 0 Å². The van der Waals surface area contributed by atoms with Gasteiger partial charge in [-0.25, -0.2) is 0 Å². The van der Waals surface area contributed by atoms with Crippen molar-refractivity contribution >= 4 is 17.5 Å². The minimum absolute atomic E-state index is 0.0984. The van der Waals surface area contributed by atoms with Gasteiger partial charge in [-0.2, -0.15) is 0 Å². The number of halogens is 1. The molecule has 0 aromatic carbocycles. The Kier molecular flexibility index (Phi) is 2.95. The van der Waals surface area contributed by atoms with Crippen LogP contribution in [0.3, 0.4) is 0 Å². The molecule has 1 atom stereocenters. The molecule has 1 fully saturated rings. The summed E-state index contributed by atoms with van der Waals surface area (Å²) in [5, 5.41) is 3.70. The van der Waals surface area contributed by atoms with E-state index in [1.54, 1.807) is 17.9 Å². The van der Waals surface area contributed by atoms with Gasteiger partial charge < -0.3 is 9.42 Å². The molecular weight excluding hydrogens is 216 g/mol. The number of amides is 1. The Morgan fingerprint density at radius 2 is 2.60 bits per heavy atom. The number of hydrogen-bond donors (Lipinski definition) is 0. The SMILES string of the molecule is Cc1cc(C(=O)N2CCCC2CCl)on1. The predicted molar refractivity (Wildman–Crippen MR) is 56.0 cm³/mol. The summed E-state index contributed by atoms with van der Waals surface area (Å²) >= 11 is 5.80. The van der Waals surface area contributed by atoms with E-state index in [0.717, 1.165) is 25.1 Å². The van der Waals surface area contributed by atoms with E-state index >= 15 is 0 Å². The molecule has 82 valence electrons. The number of aromatic nitrogens is 1. The largest absolute Gasteiger partial charge is 0.351 e. The maximum absolute atomic E-state index is 12.0. The topological polar surface area (TPSA) is 46.3 Å². The second kappa shape index (κ2) is 4.23. The van der Waals surface area contributed by atoms with Gasteiger partial charge in [0.2, 0.25) is 5.76 Å². The zero-order valence-corrected chi connectivity index (χ0v) is 9.33. The van der Waals surface area contributed by atoms with Crippen LogP contribution in [0.2, 0.25) is 0 Å². The molecule has 15 heavy (non-hydrogen) atoms. The molecule has 0 saturated carbocycles. The minimum Gasteiger partial charge on any atom is -0.351 e. The summed E-state index contributed by atoms with van der Waals surface area (Å²) in [5.74, 6) is 0.696. The molecule has 1 amide bonds. The van der Waals surface area contributed by atoms with Gasteiger partial charge in [-0.1, -0.05) is 5.16 Å². The number of likely N-dealkylation sites (tertiary alicyclic amines) is 1. The van der Waals surface area contributed by atoms with Crippen LogP contribution in [0.15, 0.2) is 10.6 Å². The van der Waals surface area contributed by atoms with Crippen LogP contribution in [0.1, 0.15) is 29.1 Å². The van der Waals surface area contributed by atoms with Crippen LogP contribution in [0, 0.1) is 6.92 Å². The quantitative estimate of drug-likeness (QED) is 0.726. The molecule has 1 unspecified atom stereocenters. The normalized spacial score (nSPS) is 20.9. The Bertz CT molecular complexity index is 364. The van der Waals surface area contributed by atoms with Crippen molar-refractivity contribution < 1.29 is 9.32 Å². The van der Waals surface area contributed by atoms with Crippen LogP contribution in [-0.2, 0) is 0 Å². The van der Waals surface area contributed by atoms with E-state index in [0.29, 0.717) is 11.6 Å². The molecule has 0 bridgehead atoms. The zero-order chi connectivity index (χ0) is 10.8. The molecule has 0 spiro atoms. The van der Waals surface area contributed by atoms with Gasteiger partial charge in [-0.3, -0.25) is 4.79 Å². The lowest BCUT2D eigenvalue weighted by atomic mass is 10.2. The Balaban J connectivity index is 2.13. The van der Waals surface area contributed by atoms with Gasteiger partial charge in [-0.05, 0) is 19.8 Å². The lowest BCUT2D eigenvalue weighted by Gasteiger charge is -2.21. The molecule has 5 heteroatoms. The van der Waals surface area contributed by atoms with Crippen LogP contribution in [0.25, 0.3) is 0 Å². The van der Waals surface area contributed by atoms with Crippen molar-refractivity contribution in [3.63, 3.8) is 0 Å². The number of hydrogen-bond acceptors (Lipinski definition) is 3. The number of rotatable bonds is 2. The highest BCUT2D eigenvalue weighted by atomic mass is 35.5. The fourth-order valence-corrected chi connectivity index (χ4v) is 2.19. The first kappa shape index (κ1) is 10.5. The van der Waals surface area contributed by atoms with E-state index in [4.69, 9.17) is 16.1 Å². The van der Waals surface area contributed by atoms with Crippen LogP contribution < -0.4 is 0 Å². The molecule has 0 N–H and O–H groups in total. The van der Waals surface area contributed by atoms with E-state index in [-0.39, 0.29) is 11.9 Å². The Morgan fingerprint density at radius 1 is 1.80 bits per heavy atom. The second-order valence-corrected chi connectivity index (χ2v) is 4.09. The fraction of sp³-hybridized carbons (Fsp3) is 0.600. The maximum atomic E-state index is 12.0. The lowest BCUT2D eigenvalue weighted by Crippen LogP contribution is -2.36. The van der Waals surface area contributed by atoms with Gasteiger partial charge in [0.25, 0.3) is 5.91 Å². The second-order valence-electron chi connectivity index (χ2n) is 3.78. The summed E-state index contributed by atoms with van der Waals surface area (Å²) in [5.41, 5.74) is 0.722. The zero-order valence-electron chi connectivity index (χ0n) is 8.57. The summed E-state index contributed by atoms with van der Waals surface area (Å²) < 4.78 is 4.95. The summed E-state index contributed by atoms with van der Waals surface area (Å²) in [6, 6.07) is 1.80. The number of carbonyl (C=O) groups is 1. The molecule has 1 aliphatic rings. The highest BCUT2D eigenvalue weighted by molar-refractivity contribution is 6.18. The number of aryl methyl sites for hydroxylation is 1. The third-order valence-electron chi connectivity index (χ3n) is 2.65. The molecule has 1 aromatic heterocycles. The van der Waals surface area contributed by atoms with Crippen molar-refractivity contribution in [1.82, 2.24) is 10.1 Å². The van der Waals surface area contributed by atoms with E-state index in [2.05, 4.69) is 5.16 Å². The fourth-order valence-electron chi connectivity index (χ4n) is 1.87. The lowest BCUT2D eigenvalue weighted by molar-refractivity contribution is 0.0707. The van der Waals surface area contributed by atoms with Crippen molar-refractivity contribution in [3.05, 3.63) is 17.5 Å². The van der Waals surface area contributed by atoms with Crippen molar-refractivity contribution in [2.45, 2.75) is 25.8 Å². The summed E-state index contributed by atoms with van der Waals surface area (Å²) in [4.78, 5) is 13.7. The van der Waals surface area contributed by atoms with Crippen molar-refractivity contribution in [3.8, 4) is 0 Å². The predicted octanol–water partition coefficient (Wildman–Crippen LogP) is 1.83. The molecule has 0 radical (unpaired) electrons. The first-order valence-electron chi connectivity index (χ1n) is 5.02. The summed E-state index contributed by atoms with van der Waals surface area (Å²) in [6.45, 7) is 2.55. The van der Waals surface area contributed by atoms with Crippen LogP contribution >= 0.6 is 11.6 Å². The molecule has 0 aliphatic carbocycles. The van der Waals surface area contributed by atoms with Crippen LogP contribution in [-0.4, -0.2) is 34.4 Å². The first-order chi connectivity index (χ1) is 7.22. The smallest absolute Gasteiger partial charge is 0.292 e. The van der Waals surface area contributed by atoms with Gasteiger partial charge in [0.1, 0.15) is 0 Å². The molecule has 1 aromatic rings. The Labute approximate surface area is 93.2 Å². The minimum atomic E-state index is -0.0984. The van der Waals surface area contributed by atoms with E-state index in [1.165, 1.54) is 0 Å². The third kappa shape index (κ3) is 2.00. The van der Waals surface area contributed by atoms with Gasteiger partial charge >= 0.3 is 0 Å². The number of nitrogens with zero attached hydrogens (tertiary/aromatic N) is 2. The van der Waals surface area contributed by atoms with E-state index in [1.807, 2.05) is 0 Å². The number of alkyl halides is 1. The third-order valence-corrected chi connectivity index (χ3v) is 3.01. The summed E-state index contributed by atoms with van der Waals surface area (Å²) in [6.07, 6.45) is 1.98. The van der Waals surface area contributed by atoms with E-state index < -0.39 is 0 Å². The average Bonchev–Trinajstić information content (AvgIpc) is 2.84. The van der Waals surface area contributed by atoms with Crippen LogP contribution in [0.4, 0.5) is 0 Å². The highest BCUT2D eigenvalue weighted by Gasteiger charge is 2.30. The van der Waals surface area contributed by atoms with E-state index in [9.17, 15) is 4.79 Å². The molecular formula is C10H13ClN2O2. The van der Waals surface area contributed by atoms with Crippen molar-refractivity contribution in [2.75, 3.05) is 12.4 Å². The standard InChI is InChI=1S/C10H13ClN2O2/c1-7-5-9(15-12-7)10(14)13-4-2-3-8(13)6-11/h5,8H,2-4,6H2,1H3. The van der Waals surface area contributed by atoms with Gasteiger partial charge in [0.05, 0.1) is 5.69 Å². The number of carbonyl (C=O) groups excluding carboxylic acids is 1. The van der Waals surface area contributed by atoms with Crippen molar-refractivity contribution in [2.24, 2.45) is 0 Å². The molecule has 1 saturated heterocycles. The van der Waals surface area contributed by atoms with Crippen LogP contribution in [0.5, 0.6) is 0 Å². The highest BCUT2D eigenvalue weighted by Crippen LogP contribution is 2.21. The first-order valence-corrected chi connectivity index (χ1v) is 5.56. The maximum Gasteiger partial charge on any atom is 0.292 e. The van der Waals surface area contributed by atoms with Crippen molar-refractivity contribution in [1.29, 1.82) is 0 Å². The molecule has 2 heterocycles. The average molecular weight is 229 g/mol. The molecule has 1 aliphatic heterocycles. The van der Waals surface area contributed by atoms with Gasteiger partial charge in [0, 0.05) is 24.5 Å². The monoisotopic (exact) mass is 228 g/mol. The summed E-state index contributed by atoms with van der Waals surface area (Å²) in [7, 11) is 0.